The Morgan fingerprint density at radius 3 is 2.67 bits per heavy atom. The van der Waals surface area contributed by atoms with Crippen molar-refractivity contribution >= 4 is 17.5 Å². The van der Waals surface area contributed by atoms with Gasteiger partial charge < -0.3 is 14.5 Å². The molecule has 7 nitrogen and oxygen atoms in total. The molecule has 160 valence electrons. The highest BCUT2D eigenvalue weighted by atomic mass is 19.1. The fourth-order valence-corrected chi connectivity index (χ4v) is 4.40. The molecule has 0 aliphatic carbocycles. The van der Waals surface area contributed by atoms with Crippen molar-refractivity contribution in [2.75, 3.05) is 18.0 Å². The van der Waals surface area contributed by atoms with E-state index in [-0.39, 0.29) is 23.5 Å². The van der Waals surface area contributed by atoms with E-state index in [9.17, 15) is 9.59 Å². The minimum Gasteiger partial charge on any atom is -0.476 e. The normalized spacial score (nSPS) is 21.1. The fourth-order valence-electron chi connectivity index (χ4n) is 4.40. The molecule has 3 heterocycles. The molecule has 0 saturated carbocycles. The number of likely N-dealkylation sites (tertiary alicyclic amines) is 1. The number of nitrogens with zero attached hydrogens (tertiary/aromatic N) is 4. The third kappa shape index (κ3) is 3.34. The van der Waals surface area contributed by atoms with Gasteiger partial charge in [-0.1, -0.05) is 0 Å². The monoisotopic (exact) mass is 414 g/mol. The Kier molecular flexibility index (Phi) is 5.03. The van der Waals surface area contributed by atoms with Gasteiger partial charge in [-0.3, -0.25) is 14.3 Å². The first kappa shape index (κ1) is 20.4. The Morgan fingerprint density at radius 1 is 1.33 bits per heavy atom. The standard InChI is InChI=1S/C22H27FN4O3/c1-12-18(13(2)25(5)24-12)11-27-20-9-17(16-6-7-26(10-16)15(4)28)8-19(23)21(20)30-14(3)22(27)29/h8-9,14,16H,6-7,10-11H2,1-5H3/t14-,16?/m1/s1. The van der Waals surface area contributed by atoms with E-state index in [1.165, 1.54) is 6.07 Å². The molecule has 2 aliphatic heterocycles. The summed E-state index contributed by atoms with van der Waals surface area (Å²) in [5.41, 5.74) is 3.97. The predicted molar refractivity (Wildman–Crippen MR) is 110 cm³/mol. The summed E-state index contributed by atoms with van der Waals surface area (Å²) < 4.78 is 22.5. The van der Waals surface area contributed by atoms with E-state index in [1.54, 1.807) is 28.3 Å². The van der Waals surface area contributed by atoms with Gasteiger partial charge in [-0.2, -0.15) is 5.10 Å². The average molecular weight is 414 g/mol. The van der Waals surface area contributed by atoms with Crippen LogP contribution in [0.2, 0.25) is 0 Å². The molecule has 1 saturated heterocycles. The molecule has 4 rings (SSSR count). The first-order valence-corrected chi connectivity index (χ1v) is 10.2. The number of carbonyl (C=O) groups is 2. The van der Waals surface area contributed by atoms with Crippen LogP contribution in [-0.2, 0) is 23.2 Å². The Labute approximate surface area is 175 Å². The van der Waals surface area contributed by atoms with Crippen LogP contribution in [0, 0.1) is 19.7 Å². The number of aromatic nitrogens is 2. The molecule has 1 unspecified atom stereocenters. The van der Waals surface area contributed by atoms with Crippen LogP contribution in [0.4, 0.5) is 10.1 Å². The Balaban J connectivity index is 1.74. The topological polar surface area (TPSA) is 67.7 Å². The Hall–Kier alpha value is -2.90. The maximum atomic E-state index is 15.1. The van der Waals surface area contributed by atoms with E-state index in [0.29, 0.717) is 25.3 Å². The highest BCUT2D eigenvalue weighted by molar-refractivity contribution is 6.00. The zero-order valence-electron chi connectivity index (χ0n) is 18.0. The highest BCUT2D eigenvalue weighted by Crippen LogP contribution is 2.41. The maximum absolute atomic E-state index is 15.1. The first-order chi connectivity index (χ1) is 14.2. The molecular formula is C22H27FN4O3. The minimum atomic E-state index is -0.769. The van der Waals surface area contributed by atoms with Crippen molar-refractivity contribution in [3.8, 4) is 5.75 Å². The second kappa shape index (κ2) is 7.41. The second-order valence-corrected chi connectivity index (χ2v) is 8.26. The van der Waals surface area contributed by atoms with Gasteiger partial charge in [-0.05, 0) is 44.9 Å². The zero-order valence-corrected chi connectivity index (χ0v) is 18.0. The molecule has 1 aromatic carbocycles. The van der Waals surface area contributed by atoms with Gasteiger partial charge in [0.25, 0.3) is 5.91 Å². The lowest BCUT2D eigenvalue weighted by Gasteiger charge is -2.34. The third-order valence-electron chi connectivity index (χ3n) is 6.33. The number of anilines is 1. The minimum absolute atomic E-state index is 0.0208. The molecule has 0 spiro atoms. The lowest BCUT2D eigenvalue weighted by atomic mass is 9.96. The van der Waals surface area contributed by atoms with Gasteiger partial charge in [0.2, 0.25) is 5.91 Å². The third-order valence-corrected chi connectivity index (χ3v) is 6.33. The molecule has 2 aliphatic rings. The number of amides is 2. The molecule has 2 atom stereocenters. The van der Waals surface area contributed by atoms with E-state index in [0.717, 1.165) is 28.9 Å². The lowest BCUT2D eigenvalue weighted by Crippen LogP contribution is -2.44. The van der Waals surface area contributed by atoms with Crippen molar-refractivity contribution < 1.29 is 18.7 Å². The van der Waals surface area contributed by atoms with Gasteiger partial charge in [0.05, 0.1) is 17.9 Å². The molecule has 1 fully saturated rings. The van der Waals surface area contributed by atoms with Gasteiger partial charge in [-0.25, -0.2) is 4.39 Å². The molecule has 8 heteroatoms. The van der Waals surface area contributed by atoms with E-state index in [4.69, 9.17) is 4.74 Å². The molecular weight excluding hydrogens is 387 g/mol. The lowest BCUT2D eigenvalue weighted by molar-refractivity contribution is -0.128. The van der Waals surface area contributed by atoms with Crippen LogP contribution in [0.1, 0.15) is 48.7 Å². The van der Waals surface area contributed by atoms with Crippen LogP contribution >= 0.6 is 0 Å². The van der Waals surface area contributed by atoms with Crippen LogP contribution in [0.3, 0.4) is 0 Å². The summed E-state index contributed by atoms with van der Waals surface area (Å²) in [5, 5.41) is 4.44. The molecule has 0 N–H and O–H groups in total. The van der Waals surface area contributed by atoms with Crippen LogP contribution in [0.5, 0.6) is 5.75 Å². The summed E-state index contributed by atoms with van der Waals surface area (Å²) in [6.07, 6.45) is -0.000993. The van der Waals surface area contributed by atoms with E-state index >= 15 is 4.39 Å². The number of halogens is 1. The largest absolute Gasteiger partial charge is 0.476 e. The van der Waals surface area contributed by atoms with Gasteiger partial charge in [0.1, 0.15) is 0 Å². The number of carbonyl (C=O) groups excluding carboxylic acids is 2. The summed E-state index contributed by atoms with van der Waals surface area (Å²) in [6.45, 7) is 8.56. The summed E-state index contributed by atoms with van der Waals surface area (Å²) in [5.74, 6) is -0.531. The average Bonchev–Trinajstić information content (AvgIpc) is 3.27. The molecule has 1 aromatic heterocycles. The predicted octanol–water partition coefficient (Wildman–Crippen LogP) is 2.83. The number of hydrogen-bond acceptors (Lipinski definition) is 4. The molecule has 30 heavy (non-hydrogen) atoms. The van der Waals surface area contributed by atoms with Gasteiger partial charge in [0.15, 0.2) is 17.7 Å². The maximum Gasteiger partial charge on any atom is 0.268 e. The SMILES string of the molecule is CC(=O)N1CCC(c2cc(F)c3c(c2)N(Cc2c(C)nn(C)c2C)C(=O)[C@@H](C)O3)C1. The van der Waals surface area contributed by atoms with Crippen molar-refractivity contribution in [2.45, 2.75) is 52.7 Å². The van der Waals surface area contributed by atoms with E-state index in [1.807, 2.05) is 27.0 Å². The summed E-state index contributed by atoms with van der Waals surface area (Å²) >= 11 is 0. The number of hydrogen-bond donors (Lipinski definition) is 0. The first-order valence-electron chi connectivity index (χ1n) is 10.2. The summed E-state index contributed by atoms with van der Waals surface area (Å²) in [7, 11) is 1.86. The zero-order chi connectivity index (χ0) is 21.7. The van der Waals surface area contributed by atoms with Crippen molar-refractivity contribution in [2.24, 2.45) is 7.05 Å². The molecule has 0 bridgehead atoms. The second-order valence-electron chi connectivity index (χ2n) is 8.26. The van der Waals surface area contributed by atoms with Crippen LogP contribution < -0.4 is 9.64 Å². The van der Waals surface area contributed by atoms with Gasteiger partial charge >= 0.3 is 0 Å². The van der Waals surface area contributed by atoms with Gasteiger partial charge in [0, 0.05) is 44.2 Å². The van der Waals surface area contributed by atoms with E-state index < -0.39 is 11.9 Å². The number of ether oxygens (including phenoxy) is 1. The van der Waals surface area contributed by atoms with Crippen molar-refractivity contribution in [3.63, 3.8) is 0 Å². The van der Waals surface area contributed by atoms with Crippen LogP contribution in [0.15, 0.2) is 12.1 Å². The fraction of sp³-hybridized carbons (Fsp3) is 0.500. The van der Waals surface area contributed by atoms with Crippen LogP contribution in [0.25, 0.3) is 0 Å². The summed E-state index contributed by atoms with van der Waals surface area (Å²) in [6, 6.07) is 3.33. The quantitative estimate of drug-likeness (QED) is 0.775. The number of fused-ring (bicyclic) bond motifs is 1. The van der Waals surface area contributed by atoms with Crippen molar-refractivity contribution in [3.05, 3.63) is 40.5 Å². The number of benzene rings is 1. The number of aryl methyl sites for hydroxylation is 2. The van der Waals surface area contributed by atoms with Crippen molar-refractivity contribution in [1.29, 1.82) is 0 Å². The Morgan fingerprint density at radius 2 is 2.07 bits per heavy atom. The molecule has 2 amide bonds. The highest BCUT2D eigenvalue weighted by Gasteiger charge is 2.36. The van der Waals surface area contributed by atoms with E-state index in [2.05, 4.69) is 5.10 Å². The smallest absolute Gasteiger partial charge is 0.268 e. The van der Waals surface area contributed by atoms with Gasteiger partial charge in [-0.15, -0.1) is 0 Å². The number of rotatable bonds is 3. The molecule has 2 aromatic rings. The van der Waals surface area contributed by atoms with Crippen LogP contribution in [-0.4, -0.2) is 45.7 Å². The summed E-state index contributed by atoms with van der Waals surface area (Å²) in [4.78, 5) is 28.1. The van der Waals surface area contributed by atoms with Crippen molar-refractivity contribution in [1.82, 2.24) is 14.7 Å². The Bertz CT molecular complexity index is 1030. The molecule has 0 radical (unpaired) electrons.